The molecule has 0 bridgehead atoms. The normalized spacial score (nSPS) is 12.4. The summed E-state index contributed by atoms with van der Waals surface area (Å²) >= 11 is 6.05. The molecule has 18 heavy (non-hydrogen) atoms. The van der Waals surface area contributed by atoms with E-state index in [2.05, 4.69) is 4.98 Å². The number of benzene rings is 1. The molecule has 2 aromatic rings. The Kier molecular flexibility index (Phi) is 4.00. The zero-order chi connectivity index (χ0) is 13.1. The fourth-order valence-corrected chi connectivity index (χ4v) is 1.94. The Balaban J connectivity index is 2.13. The van der Waals surface area contributed by atoms with Crippen LogP contribution in [-0.2, 0) is 6.42 Å². The number of nitrogens with zero attached hydrogens (tertiary/aromatic N) is 1. The number of hydrogen-bond donors (Lipinski definition) is 1. The van der Waals surface area contributed by atoms with E-state index in [-0.39, 0.29) is 0 Å². The number of aryl methyl sites for hydroxylation is 2. The number of pyridine rings is 1. The van der Waals surface area contributed by atoms with Gasteiger partial charge in [-0.05, 0) is 42.7 Å². The van der Waals surface area contributed by atoms with Gasteiger partial charge in [-0.1, -0.05) is 29.8 Å². The topological polar surface area (TPSA) is 33.1 Å². The summed E-state index contributed by atoms with van der Waals surface area (Å²) in [5.41, 5.74) is 3.84. The first-order chi connectivity index (χ1) is 8.56. The summed E-state index contributed by atoms with van der Waals surface area (Å²) in [6, 6.07) is 9.57. The zero-order valence-corrected chi connectivity index (χ0v) is 11.3. The van der Waals surface area contributed by atoms with Gasteiger partial charge in [0.1, 0.15) is 0 Å². The maximum atomic E-state index is 10.2. The standard InChI is InChI=1S/C15H16ClNO/c1-10-3-6-13(17-9-10)8-15(18)12-5-4-11(2)14(16)7-12/h3-7,9,15,18H,8H2,1-2H3. The average molecular weight is 262 g/mol. The van der Waals surface area contributed by atoms with Crippen LogP contribution in [0.25, 0.3) is 0 Å². The van der Waals surface area contributed by atoms with Crippen LogP contribution >= 0.6 is 11.6 Å². The predicted molar refractivity (Wildman–Crippen MR) is 73.8 cm³/mol. The minimum Gasteiger partial charge on any atom is -0.388 e. The number of aliphatic hydroxyl groups is 1. The van der Waals surface area contributed by atoms with Crippen LogP contribution in [0.1, 0.15) is 28.5 Å². The minimum absolute atomic E-state index is 0.500. The van der Waals surface area contributed by atoms with Crippen LogP contribution in [0.2, 0.25) is 5.02 Å². The van der Waals surface area contributed by atoms with Crippen molar-refractivity contribution in [3.8, 4) is 0 Å². The van der Waals surface area contributed by atoms with E-state index in [1.54, 1.807) is 0 Å². The summed E-state index contributed by atoms with van der Waals surface area (Å²) in [6.07, 6.45) is 1.74. The molecule has 1 aromatic carbocycles. The maximum Gasteiger partial charge on any atom is 0.0845 e. The average Bonchev–Trinajstić information content (AvgIpc) is 2.35. The Morgan fingerprint density at radius 2 is 2.00 bits per heavy atom. The maximum absolute atomic E-state index is 10.2. The lowest BCUT2D eigenvalue weighted by Crippen LogP contribution is -2.03. The van der Waals surface area contributed by atoms with Crippen molar-refractivity contribution in [2.24, 2.45) is 0 Å². The molecule has 0 spiro atoms. The first-order valence-electron chi connectivity index (χ1n) is 5.92. The van der Waals surface area contributed by atoms with Crippen LogP contribution in [0.4, 0.5) is 0 Å². The molecule has 0 aliphatic rings. The van der Waals surface area contributed by atoms with E-state index in [1.807, 2.05) is 50.4 Å². The van der Waals surface area contributed by atoms with Crippen molar-refractivity contribution in [3.05, 3.63) is 63.9 Å². The Bertz CT molecular complexity index is 537. The number of hydrogen-bond acceptors (Lipinski definition) is 2. The number of aromatic nitrogens is 1. The van der Waals surface area contributed by atoms with Crippen LogP contribution in [0.3, 0.4) is 0 Å². The van der Waals surface area contributed by atoms with Crippen LogP contribution in [-0.4, -0.2) is 10.1 Å². The molecule has 2 nitrogen and oxygen atoms in total. The zero-order valence-electron chi connectivity index (χ0n) is 10.5. The van der Waals surface area contributed by atoms with Crippen molar-refractivity contribution in [2.75, 3.05) is 0 Å². The number of halogens is 1. The molecular formula is C15H16ClNO. The van der Waals surface area contributed by atoms with Crippen LogP contribution in [0.5, 0.6) is 0 Å². The third kappa shape index (κ3) is 3.09. The van der Waals surface area contributed by atoms with Gasteiger partial charge in [0.15, 0.2) is 0 Å². The second-order valence-corrected chi connectivity index (χ2v) is 4.96. The van der Waals surface area contributed by atoms with Crippen molar-refractivity contribution in [1.82, 2.24) is 4.98 Å². The van der Waals surface area contributed by atoms with Crippen molar-refractivity contribution in [2.45, 2.75) is 26.4 Å². The third-order valence-corrected chi connectivity index (χ3v) is 3.36. The molecule has 3 heteroatoms. The Morgan fingerprint density at radius 3 is 2.61 bits per heavy atom. The highest BCUT2D eigenvalue weighted by atomic mass is 35.5. The van der Waals surface area contributed by atoms with Gasteiger partial charge in [-0.3, -0.25) is 4.98 Å². The molecule has 0 aliphatic carbocycles. The molecule has 94 valence electrons. The highest BCUT2D eigenvalue weighted by Gasteiger charge is 2.10. The molecule has 2 rings (SSSR count). The quantitative estimate of drug-likeness (QED) is 0.915. The van der Waals surface area contributed by atoms with Gasteiger partial charge in [0.25, 0.3) is 0 Å². The fraction of sp³-hybridized carbons (Fsp3) is 0.267. The lowest BCUT2D eigenvalue weighted by Gasteiger charge is -2.12. The smallest absolute Gasteiger partial charge is 0.0845 e. The Labute approximate surface area is 112 Å². The molecule has 1 unspecified atom stereocenters. The van der Waals surface area contributed by atoms with Gasteiger partial charge in [0.05, 0.1) is 6.10 Å². The van der Waals surface area contributed by atoms with Crippen molar-refractivity contribution in [3.63, 3.8) is 0 Å². The molecule has 0 amide bonds. The third-order valence-electron chi connectivity index (χ3n) is 2.96. The van der Waals surface area contributed by atoms with Crippen LogP contribution in [0.15, 0.2) is 36.5 Å². The molecule has 1 aromatic heterocycles. The molecule has 0 saturated heterocycles. The molecule has 1 heterocycles. The summed E-state index contributed by atoms with van der Waals surface area (Å²) < 4.78 is 0. The summed E-state index contributed by atoms with van der Waals surface area (Å²) in [5, 5.41) is 10.8. The lowest BCUT2D eigenvalue weighted by atomic mass is 10.0. The van der Waals surface area contributed by atoms with E-state index in [0.29, 0.717) is 11.4 Å². The Hall–Kier alpha value is -1.38. The van der Waals surface area contributed by atoms with E-state index >= 15 is 0 Å². The number of rotatable bonds is 3. The molecule has 0 aliphatic heterocycles. The van der Waals surface area contributed by atoms with Crippen molar-refractivity contribution >= 4 is 11.6 Å². The summed E-state index contributed by atoms with van der Waals surface area (Å²) in [6.45, 7) is 3.94. The van der Waals surface area contributed by atoms with E-state index < -0.39 is 6.10 Å². The summed E-state index contributed by atoms with van der Waals surface area (Å²) in [7, 11) is 0. The van der Waals surface area contributed by atoms with Crippen molar-refractivity contribution < 1.29 is 5.11 Å². The monoisotopic (exact) mass is 261 g/mol. The SMILES string of the molecule is Cc1ccc(CC(O)c2ccc(C)c(Cl)c2)nc1. The molecular weight excluding hydrogens is 246 g/mol. The van der Waals surface area contributed by atoms with Gasteiger partial charge in [0, 0.05) is 23.3 Å². The first kappa shape index (κ1) is 13.1. The summed E-state index contributed by atoms with van der Waals surface area (Å²) in [5.74, 6) is 0. The first-order valence-corrected chi connectivity index (χ1v) is 6.29. The predicted octanol–water partition coefficient (Wildman–Crippen LogP) is 3.63. The molecule has 1 atom stereocenters. The van der Waals surface area contributed by atoms with E-state index in [1.165, 1.54) is 0 Å². The minimum atomic E-state index is -0.571. The van der Waals surface area contributed by atoms with Gasteiger partial charge >= 0.3 is 0 Å². The van der Waals surface area contributed by atoms with E-state index in [9.17, 15) is 5.11 Å². The second kappa shape index (κ2) is 5.51. The largest absolute Gasteiger partial charge is 0.388 e. The van der Waals surface area contributed by atoms with Gasteiger partial charge in [-0.2, -0.15) is 0 Å². The molecule has 0 radical (unpaired) electrons. The Morgan fingerprint density at radius 1 is 1.22 bits per heavy atom. The highest BCUT2D eigenvalue weighted by Crippen LogP contribution is 2.23. The lowest BCUT2D eigenvalue weighted by molar-refractivity contribution is 0.177. The summed E-state index contributed by atoms with van der Waals surface area (Å²) in [4.78, 5) is 4.29. The van der Waals surface area contributed by atoms with E-state index in [4.69, 9.17) is 11.6 Å². The highest BCUT2D eigenvalue weighted by molar-refractivity contribution is 6.31. The molecule has 1 N–H and O–H groups in total. The van der Waals surface area contributed by atoms with Gasteiger partial charge < -0.3 is 5.11 Å². The van der Waals surface area contributed by atoms with Gasteiger partial charge in [-0.25, -0.2) is 0 Å². The van der Waals surface area contributed by atoms with Gasteiger partial charge in [0.2, 0.25) is 0 Å². The van der Waals surface area contributed by atoms with Gasteiger partial charge in [-0.15, -0.1) is 0 Å². The fourth-order valence-electron chi connectivity index (χ4n) is 1.75. The second-order valence-electron chi connectivity index (χ2n) is 4.56. The number of aliphatic hydroxyl groups excluding tert-OH is 1. The molecule has 0 saturated carbocycles. The van der Waals surface area contributed by atoms with Crippen LogP contribution < -0.4 is 0 Å². The molecule has 0 fully saturated rings. The van der Waals surface area contributed by atoms with E-state index in [0.717, 1.165) is 22.4 Å². The van der Waals surface area contributed by atoms with Crippen molar-refractivity contribution in [1.29, 1.82) is 0 Å². The van der Waals surface area contributed by atoms with Crippen LogP contribution in [0, 0.1) is 13.8 Å².